The third kappa shape index (κ3) is 4.69. The van der Waals surface area contributed by atoms with Crippen molar-refractivity contribution in [1.29, 1.82) is 0 Å². The Balaban J connectivity index is 1.55. The van der Waals surface area contributed by atoms with Crippen LogP contribution in [0.2, 0.25) is 5.02 Å². The molecule has 0 fully saturated rings. The van der Waals surface area contributed by atoms with Crippen molar-refractivity contribution in [2.75, 3.05) is 19.6 Å². The van der Waals surface area contributed by atoms with Gasteiger partial charge in [-0.05, 0) is 37.5 Å². The van der Waals surface area contributed by atoms with Crippen LogP contribution in [0.5, 0.6) is 0 Å². The smallest absolute Gasteiger partial charge is 0.222 e. The summed E-state index contributed by atoms with van der Waals surface area (Å²) >= 11 is 6.16. The number of rotatable bonds is 8. The van der Waals surface area contributed by atoms with E-state index in [2.05, 4.69) is 18.8 Å². The van der Waals surface area contributed by atoms with E-state index in [-0.39, 0.29) is 11.8 Å². The van der Waals surface area contributed by atoms with E-state index >= 15 is 0 Å². The minimum atomic E-state index is 0.132. The Bertz CT molecular complexity index is 840. The molecule has 152 valence electrons. The second-order valence-corrected chi connectivity index (χ2v) is 8.01. The normalized spacial score (nSPS) is 13.6. The molecular formula is C22H30ClN3O2. The molecule has 1 aromatic carbocycles. The number of nitrogens with zero attached hydrogens (tertiary/aromatic N) is 2. The number of aromatic nitrogens is 1. The van der Waals surface area contributed by atoms with Crippen LogP contribution in [0.15, 0.2) is 18.2 Å². The zero-order chi connectivity index (χ0) is 20.1. The van der Waals surface area contributed by atoms with Gasteiger partial charge >= 0.3 is 0 Å². The highest BCUT2D eigenvalue weighted by molar-refractivity contribution is 6.31. The van der Waals surface area contributed by atoms with Gasteiger partial charge in [0.05, 0.1) is 0 Å². The van der Waals surface area contributed by atoms with Gasteiger partial charge in [-0.15, -0.1) is 0 Å². The lowest BCUT2D eigenvalue weighted by molar-refractivity contribution is -0.133. The lowest BCUT2D eigenvalue weighted by Crippen LogP contribution is -2.36. The Morgan fingerprint density at radius 2 is 1.93 bits per heavy atom. The molecule has 5 nitrogen and oxygen atoms in total. The number of benzene rings is 1. The molecule has 0 saturated heterocycles. The quantitative estimate of drug-likeness (QED) is 0.704. The molecule has 0 radical (unpaired) electrons. The Kier molecular flexibility index (Phi) is 7.00. The fourth-order valence-electron chi connectivity index (χ4n) is 4.01. The zero-order valence-corrected chi connectivity index (χ0v) is 17.6. The van der Waals surface area contributed by atoms with E-state index in [9.17, 15) is 9.59 Å². The molecule has 3 rings (SSSR count). The van der Waals surface area contributed by atoms with Gasteiger partial charge in [0.25, 0.3) is 0 Å². The van der Waals surface area contributed by atoms with Gasteiger partial charge in [-0.2, -0.15) is 0 Å². The van der Waals surface area contributed by atoms with Crippen molar-refractivity contribution >= 4 is 34.3 Å². The van der Waals surface area contributed by atoms with E-state index in [1.807, 2.05) is 28.0 Å². The van der Waals surface area contributed by atoms with Crippen LogP contribution in [0.1, 0.15) is 57.2 Å². The second kappa shape index (κ2) is 9.46. The number of carbonyl (C=O) groups is 2. The summed E-state index contributed by atoms with van der Waals surface area (Å²) in [5.74, 6) is 0.302. The summed E-state index contributed by atoms with van der Waals surface area (Å²) in [6, 6.07) is 5.84. The number of nitrogens with one attached hydrogen (secondary N) is 1. The van der Waals surface area contributed by atoms with Crippen molar-refractivity contribution in [2.45, 2.75) is 58.9 Å². The van der Waals surface area contributed by atoms with E-state index in [4.69, 9.17) is 11.6 Å². The molecule has 2 heterocycles. The van der Waals surface area contributed by atoms with Gasteiger partial charge in [0.15, 0.2) is 0 Å². The van der Waals surface area contributed by atoms with Gasteiger partial charge in [-0.25, -0.2) is 0 Å². The maximum atomic E-state index is 12.7. The molecule has 2 amide bonds. The maximum absolute atomic E-state index is 12.7. The lowest BCUT2D eigenvalue weighted by atomic mass is 10.0. The molecule has 1 aliphatic heterocycles. The van der Waals surface area contributed by atoms with Crippen LogP contribution in [-0.4, -0.2) is 46.2 Å². The van der Waals surface area contributed by atoms with Gasteiger partial charge in [0, 0.05) is 72.6 Å². The third-order valence-electron chi connectivity index (χ3n) is 5.41. The van der Waals surface area contributed by atoms with Crippen LogP contribution >= 0.6 is 11.6 Å². The number of aromatic amines is 1. The second-order valence-electron chi connectivity index (χ2n) is 7.57. The summed E-state index contributed by atoms with van der Waals surface area (Å²) in [5, 5.41) is 1.81. The van der Waals surface area contributed by atoms with E-state index in [0.717, 1.165) is 49.8 Å². The molecule has 2 aromatic rings. The molecule has 6 heteroatoms. The Labute approximate surface area is 172 Å². The predicted octanol–water partition coefficient (Wildman–Crippen LogP) is 4.52. The van der Waals surface area contributed by atoms with E-state index in [0.29, 0.717) is 30.8 Å². The van der Waals surface area contributed by atoms with Crippen LogP contribution in [-0.2, 0) is 22.6 Å². The monoisotopic (exact) mass is 403 g/mol. The highest BCUT2D eigenvalue weighted by Gasteiger charge is 2.24. The molecule has 0 unspecified atom stereocenters. The highest BCUT2D eigenvalue weighted by Crippen LogP contribution is 2.30. The predicted molar refractivity (Wildman–Crippen MR) is 113 cm³/mol. The van der Waals surface area contributed by atoms with Gasteiger partial charge < -0.3 is 14.8 Å². The van der Waals surface area contributed by atoms with Gasteiger partial charge in [-0.3, -0.25) is 9.59 Å². The first-order valence-corrected chi connectivity index (χ1v) is 10.8. The van der Waals surface area contributed by atoms with Crippen molar-refractivity contribution in [3.63, 3.8) is 0 Å². The summed E-state index contributed by atoms with van der Waals surface area (Å²) in [4.78, 5) is 32.4. The van der Waals surface area contributed by atoms with Gasteiger partial charge in [0.2, 0.25) is 11.8 Å². The topological polar surface area (TPSA) is 56.4 Å². The molecule has 0 bridgehead atoms. The highest BCUT2D eigenvalue weighted by atomic mass is 35.5. The first-order chi connectivity index (χ1) is 13.5. The summed E-state index contributed by atoms with van der Waals surface area (Å²) < 4.78 is 0. The first-order valence-electron chi connectivity index (χ1n) is 10.4. The number of fused-ring (bicyclic) bond motifs is 3. The van der Waals surface area contributed by atoms with Crippen LogP contribution in [0, 0.1) is 0 Å². The largest absolute Gasteiger partial charge is 0.358 e. The van der Waals surface area contributed by atoms with Crippen LogP contribution in [0.4, 0.5) is 0 Å². The summed E-state index contributed by atoms with van der Waals surface area (Å²) in [5.41, 5.74) is 3.44. The number of H-pyrrole nitrogens is 1. The molecule has 1 aromatic heterocycles. The Morgan fingerprint density at radius 1 is 1.18 bits per heavy atom. The average molecular weight is 404 g/mol. The minimum absolute atomic E-state index is 0.132. The van der Waals surface area contributed by atoms with Gasteiger partial charge in [-0.1, -0.05) is 25.4 Å². The van der Waals surface area contributed by atoms with Crippen molar-refractivity contribution in [2.24, 2.45) is 0 Å². The average Bonchev–Trinajstić information content (AvgIpc) is 3.04. The summed E-state index contributed by atoms with van der Waals surface area (Å²) in [7, 11) is 0. The molecule has 28 heavy (non-hydrogen) atoms. The number of halogens is 1. The number of hydrogen-bond donors (Lipinski definition) is 1. The Morgan fingerprint density at radius 3 is 2.64 bits per heavy atom. The standard InChI is InChI=1S/C22H30ClN3O2/c1-3-11-25(12-4-2)21(27)6-5-7-22(28)26-13-10-20-18(15-26)17-14-16(23)8-9-19(17)24-20/h8-9,14,24H,3-7,10-13,15H2,1-2H3. The third-order valence-corrected chi connectivity index (χ3v) is 5.65. The molecule has 1 N–H and O–H groups in total. The van der Waals surface area contributed by atoms with E-state index in [1.165, 1.54) is 11.3 Å². The molecule has 0 saturated carbocycles. The SMILES string of the molecule is CCCN(CCC)C(=O)CCCC(=O)N1CCc2[nH]c3ccc(Cl)cc3c2C1. The van der Waals surface area contributed by atoms with Crippen molar-refractivity contribution < 1.29 is 9.59 Å². The van der Waals surface area contributed by atoms with E-state index < -0.39 is 0 Å². The first kappa shape index (κ1) is 20.7. The number of amides is 2. The van der Waals surface area contributed by atoms with Crippen LogP contribution in [0.3, 0.4) is 0 Å². The molecular weight excluding hydrogens is 374 g/mol. The van der Waals surface area contributed by atoms with Crippen LogP contribution < -0.4 is 0 Å². The van der Waals surface area contributed by atoms with Crippen molar-refractivity contribution in [3.05, 3.63) is 34.5 Å². The van der Waals surface area contributed by atoms with Crippen molar-refractivity contribution in [3.8, 4) is 0 Å². The van der Waals surface area contributed by atoms with Crippen LogP contribution in [0.25, 0.3) is 10.9 Å². The molecule has 0 atom stereocenters. The lowest BCUT2D eigenvalue weighted by Gasteiger charge is -2.27. The summed E-state index contributed by atoms with van der Waals surface area (Å²) in [6.45, 7) is 7.11. The maximum Gasteiger partial charge on any atom is 0.222 e. The fraction of sp³-hybridized carbons (Fsp3) is 0.545. The number of carbonyl (C=O) groups excluding carboxylic acids is 2. The minimum Gasteiger partial charge on any atom is -0.358 e. The molecule has 0 spiro atoms. The zero-order valence-electron chi connectivity index (χ0n) is 16.9. The van der Waals surface area contributed by atoms with E-state index in [1.54, 1.807) is 0 Å². The van der Waals surface area contributed by atoms with Crippen molar-refractivity contribution in [1.82, 2.24) is 14.8 Å². The summed E-state index contributed by atoms with van der Waals surface area (Å²) in [6.07, 6.45) is 4.26. The Hall–Kier alpha value is -2.01. The molecule has 0 aliphatic carbocycles. The molecule has 1 aliphatic rings. The number of hydrogen-bond acceptors (Lipinski definition) is 2. The fourth-order valence-corrected chi connectivity index (χ4v) is 4.18. The van der Waals surface area contributed by atoms with Gasteiger partial charge in [0.1, 0.15) is 0 Å².